The van der Waals surface area contributed by atoms with Crippen LogP contribution in [0.5, 0.6) is 34.5 Å². The van der Waals surface area contributed by atoms with E-state index < -0.39 is 0 Å². The third kappa shape index (κ3) is 7.75. The molecule has 0 bridgehead atoms. The highest BCUT2D eigenvalue weighted by atomic mass is 16.5. The van der Waals surface area contributed by atoms with Crippen molar-refractivity contribution in [3.05, 3.63) is 83.7 Å². The van der Waals surface area contributed by atoms with Crippen molar-refractivity contribution < 1.29 is 33.2 Å². The average Bonchev–Trinajstić information content (AvgIpc) is 3.02. The van der Waals surface area contributed by atoms with Gasteiger partial charge in [-0.3, -0.25) is 9.78 Å². The molecule has 0 radical (unpaired) electrons. The first-order valence-corrected chi connectivity index (χ1v) is 13.6. The molecule has 9 heteroatoms. The Hall–Kier alpha value is -4.66. The molecule has 1 N–H and O–H groups in total. The van der Waals surface area contributed by atoms with Crippen molar-refractivity contribution in [1.82, 2.24) is 10.3 Å². The van der Waals surface area contributed by atoms with Crippen LogP contribution in [0.4, 0.5) is 0 Å². The summed E-state index contributed by atoms with van der Waals surface area (Å²) in [6, 6.07) is 11.3. The molecular formula is C33H40N2O7. The lowest BCUT2D eigenvalue weighted by molar-refractivity contribution is -0.117. The third-order valence-electron chi connectivity index (χ3n) is 6.71. The lowest BCUT2D eigenvalue weighted by Crippen LogP contribution is -2.31. The molecule has 224 valence electrons. The first kappa shape index (κ1) is 31.9. The molecule has 0 aliphatic rings. The van der Waals surface area contributed by atoms with Crippen molar-refractivity contribution in [2.75, 3.05) is 42.7 Å². The van der Waals surface area contributed by atoms with E-state index in [1.165, 1.54) is 11.6 Å². The monoisotopic (exact) mass is 576 g/mol. The number of aryl methyl sites for hydroxylation is 1. The van der Waals surface area contributed by atoms with Crippen molar-refractivity contribution in [2.24, 2.45) is 0 Å². The topological polar surface area (TPSA) is 97.4 Å². The molecular weight excluding hydrogens is 536 g/mol. The zero-order valence-electron chi connectivity index (χ0n) is 25.4. The molecule has 1 heterocycles. The van der Waals surface area contributed by atoms with E-state index in [1.807, 2.05) is 37.4 Å². The molecule has 1 aromatic heterocycles. The molecule has 3 aromatic rings. The number of pyridine rings is 1. The quantitative estimate of drug-likeness (QED) is 0.183. The van der Waals surface area contributed by atoms with Crippen LogP contribution in [0.2, 0.25) is 0 Å². The number of ether oxygens (including phenoxy) is 6. The molecule has 3 rings (SSSR count). The Bertz CT molecular complexity index is 1320. The van der Waals surface area contributed by atoms with Gasteiger partial charge in [-0.1, -0.05) is 18.2 Å². The Labute approximate surface area is 248 Å². The van der Waals surface area contributed by atoms with Gasteiger partial charge in [-0.25, -0.2) is 0 Å². The molecule has 9 nitrogen and oxygen atoms in total. The van der Waals surface area contributed by atoms with Crippen LogP contribution in [-0.4, -0.2) is 59.6 Å². The summed E-state index contributed by atoms with van der Waals surface area (Å²) < 4.78 is 33.8. The standard InChI is InChI=1S/C33H40N2O7/c1-22(11-8-12-23-13-10-20-34-21-23)35-29(36)15-9-14-24(25-16-18-27(37-2)32(41-6)30(25)39-4)26-17-19-28(38-3)33(42-7)31(26)40-5/h9-10,13-22H,8,11-12H2,1-7H3,(H,35,36)/t22-/m1/s1. The van der Waals surface area contributed by atoms with E-state index in [-0.39, 0.29) is 11.9 Å². The summed E-state index contributed by atoms with van der Waals surface area (Å²) in [4.78, 5) is 16.9. The number of hydrogen-bond acceptors (Lipinski definition) is 8. The highest BCUT2D eigenvalue weighted by molar-refractivity contribution is 5.92. The fraction of sp³-hybridized carbons (Fsp3) is 0.333. The second kappa shape index (κ2) is 16.0. The molecule has 1 amide bonds. The van der Waals surface area contributed by atoms with E-state index in [0.29, 0.717) is 51.2 Å². The van der Waals surface area contributed by atoms with Crippen LogP contribution in [0.3, 0.4) is 0 Å². The zero-order chi connectivity index (χ0) is 30.5. The Kier molecular flexibility index (Phi) is 12.1. The lowest BCUT2D eigenvalue weighted by Gasteiger charge is -2.20. The minimum Gasteiger partial charge on any atom is -0.493 e. The number of amides is 1. The van der Waals surface area contributed by atoms with Crippen LogP contribution >= 0.6 is 0 Å². The van der Waals surface area contributed by atoms with Gasteiger partial charge in [-0.05, 0) is 67.7 Å². The Balaban J connectivity index is 1.95. The number of aromatic nitrogens is 1. The van der Waals surface area contributed by atoms with Crippen LogP contribution in [0.15, 0.2) is 67.0 Å². The number of nitrogens with zero attached hydrogens (tertiary/aromatic N) is 1. The molecule has 0 spiro atoms. The second-order valence-electron chi connectivity index (χ2n) is 9.37. The number of carbonyl (C=O) groups excluding carboxylic acids is 1. The number of rotatable bonds is 15. The van der Waals surface area contributed by atoms with Crippen LogP contribution in [0, 0.1) is 0 Å². The summed E-state index contributed by atoms with van der Waals surface area (Å²) in [7, 11) is 9.34. The molecule has 42 heavy (non-hydrogen) atoms. The maximum absolute atomic E-state index is 12.8. The summed E-state index contributed by atoms with van der Waals surface area (Å²) in [5.41, 5.74) is 3.26. The molecule has 0 aliphatic carbocycles. The third-order valence-corrected chi connectivity index (χ3v) is 6.71. The van der Waals surface area contributed by atoms with Crippen molar-refractivity contribution >= 4 is 11.5 Å². The van der Waals surface area contributed by atoms with Gasteiger partial charge in [0.15, 0.2) is 23.0 Å². The summed E-state index contributed by atoms with van der Waals surface area (Å²) in [6.45, 7) is 2.00. The maximum atomic E-state index is 12.8. The maximum Gasteiger partial charge on any atom is 0.244 e. The van der Waals surface area contributed by atoms with Crippen molar-refractivity contribution in [3.63, 3.8) is 0 Å². The van der Waals surface area contributed by atoms with Crippen molar-refractivity contribution in [3.8, 4) is 34.5 Å². The molecule has 0 aliphatic heterocycles. The first-order chi connectivity index (χ1) is 20.4. The van der Waals surface area contributed by atoms with E-state index in [9.17, 15) is 4.79 Å². The fourth-order valence-corrected chi connectivity index (χ4v) is 4.70. The van der Waals surface area contributed by atoms with Gasteiger partial charge in [-0.2, -0.15) is 0 Å². The summed E-state index contributed by atoms with van der Waals surface area (Å²) in [6.07, 6.45) is 11.4. The van der Waals surface area contributed by atoms with E-state index in [0.717, 1.165) is 19.3 Å². The van der Waals surface area contributed by atoms with Gasteiger partial charge in [0.25, 0.3) is 0 Å². The van der Waals surface area contributed by atoms with Gasteiger partial charge in [-0.15, -0.1) is 0 Å². The molecule has 1 atom stereocenters. The minimum absolute atomic E-state index is 0.0131. The van der Waals surface area contributed by atoms with Gasteiger partial charge in [0.05, 0.1) is 42.7 Å². The van der Waals surface area contributed by atoms with E-state index >= 15 is 0 Å². The van der Waals surface area contributed by atoms with Crippen LogP contribution in [-0.2, 0) is 11.2 Å². The molecule has 0 saturated heterocycles. The highest BCUT2D eigenvalue weighted by Gasteiger charge is 2.24. The van der Waals surface area contributed by atoms with E-state index in [1.54, 1.807) is 67.1 Å². The van der Waals surface area contributed by atoms with Gasteiger partial charge in [0, 0.05) is 35.6 Å². The van der Waals surface area contributed by atoms with E-state index in [2.05, 4.69) is 16.4 Å². The van der Waals surface area contributed by atoms with E-state index in [4.69, 9.17) is 28.4 Å². The number of nitrogens with one attached hydrogen (secondary N) is 1. The molecule has 0 saturated carbocycles. The van der Waals surface area contributed by atoms with Gasteiger partial charge in [0.1, 0.15) is 0 Å². The Morgan fingerprint density at radius 3 is 1.86 bits per heavy atom. The van der Waals surface area contributed by atoms with Crippen molar-refractivity contribution in [1.29, 1.82) is 0 Å². The first-order valence-electron chi connectivity index (χ1n) is 13.6. The largest absolute Gasteiger partial charge is 0.493 e. The number of hydrogen-bond donors (Lipinski definition) is 1. The smallest absolute Gasteiger partial charge is 0.244 e. The summed E-state index contributed by atoms with van der Waals surface area (Å²) in [5, 5.41) is 3.04. The molecule has 2 aromatic carbocycles. The normalized spacial score (nSPS) is 11.4. The number of allylic oxidation sites excluding steroid dienone is 2. The predicted molar refractivity (Wildman–Crippen MR) is 163 cm³/mol. The van der Waals surface area contributed by atoms with Crippen LogP contribution in [0.1, 0.15) is 36.5 Å². The SMILES string of the molecule is COc1ccc(C(=CC=CC(=O)N[C@H](C)CCCc2cccnc2)c2ccc(OC)c(OC)c2OC)c(OC)c1OC. The number of methoxy groups -OCH3 is 6. The molecule has 0 fully saturated rings. The zero-order valence-corrected chi connectivity index (χ0v) is 25.4. The van der Waals surface area contributed by atoms with Crippen LogP contribution in [0.25, 0.3) is 5.57 Å². The average molecular weight is 577 g/mol. The van der Waals surface area contributed by atoms with Gasteiger partial charge >= 0.3 is 0 Å². The molecule has 0 unspecified atom stereocenters. The highest BCUT2D eigenvalue weighted by Crippen LogP contribution is 2.48. The summed E-state index contributed by atoms with van der Waals surface area (Å²) >= 11 is 0. The number of benzene rings is 2. The summed E-state index contributed by atoms with van der Waals surface area (Å²) in [5.74, 6) is 2.63. The van der Waals surface area contributed by atoms with Crippen molar-refractivity contribution in [2.45, 2.75) is 32.2 Å². The fourth-order valence-electron chi connectivity index (χ4n) is 4.70. The Morgan fingerprint density at radius 1 is 0.810 bits per heavy atom. The van der Waals surface area contributed by atoms with Gasteiger partial charge < -0.3 is 33.7 Å². The van der Waals surface area contributed by atoms with Crippen LogP contribution < -0.4 is 33.7 Å². The Morgan fingerprint density at radius 2 is 1.38 bits per heavy atom. The lowest BCUT2D eigenvalue weighted by atomic mass is 9.94. The minimum atomic E-state index is -0.196. The second-order valence-corrected chi connectivity index (χ2v) is 9.37. The predicted octanol–water partition coefficient (Wildman–Crippen LogP) is 5.65. The number of carbonyl (C=O) groups is 1. The van der Waals surface area contributed by atoms with Gasteiger partial charge in [0.2, 0.25) is 17.4 Å².